The average Bonchev–Trinajstić information content (AvgIpc) is 2.82. The van der Waals surface area contributed by atoms with Crippen molar-refractivity contribution in [2.45, 2.75) is 84.0 Å². The van der Waals surface area contributed by atoms with Crippen LogP contribution in [0.3, 0.4) is 0 Å². The zero-order valence-electron chi connectivity index (χ0n) is 19.7. The minimum absolute atomic E-state index is 0.806. The number of hydrogen-bond donors (Lipinski definition) is 0. The minimum atomic E-state index is 0.806. The van der Waals surface area contributed by atoms with Crippen molar-refractivity contribution >= 4 is 0 Å². The normalized spacial score (nSPS) is 26.5. The van der Waals surface area contributed by atoms with Crippen LogP contribution in [0.25, 0.3) is 0 Å². The van der Waals surface area contributed by atoms with Gasteiger partial charge in [-0.25, -0.2) is 0 Å². The summed E-state index contributed by atoms with van der Waals surface area (Å²) in [6.45, 7) is 6.21. The Kier molecular flexibility index (Phi) is 8.06. The van der Waals surface area contributed by atoms with Crippen molar-refractivity contribution < 1.29 is 0 Å². The monoisotopic (exact) mass is 414 g/mol. The van der Waals surface area contributed by atoms with E-state index in [0.717, 1.165) is 36.5 Å². The van der Waals surface area contributed by atoms with Crippen LogP contribution in [-0.2, 0) is 19.3 Å². The zero-order chi connectivity index (χ0) is 21.5. The summed E-state index contributed by atoms with van der Waals surface area (Å²) < 4.78 is 0. The minimum Gasteiger partial charge on any atom is -0.103 e. The molecule has 2 saturated carbocycles. The molecule has 0 amide bonds. The van der Waals surface area contributed by atoms with E-state index in [1.807, 2.05) is 0 Å². The Hall–Kier alpha value is -1.82. The molecule has 166 valence electrons. The molecule has 0 radical (unpaired) electrons. The van der Waals surface area contributed by atoms with Gasteiger partial charge in [0.15, 0.2) is 0 Å². The Morgan fingerprint density at radius 3 is 1.61 bits per heavy atom. The van der Waals surface area contributed by atoms with Gasteiger partial charge in [0, 0.05) is 0 Å². The second-order valence-electron chi connectivity index (χ2n) is 10.5. The molecule has 0 saturated heterocycles. The Bertz CT molecular complexity index is 781. The van der Waals surface area contributed by atoms with E-state index in [1.54, 1.807) is 0 Å². The van der Waals surface area contributed by atoms with Crippen molar-refractivity contribution in [2.75, 3.05) is 0 Å². The fourth-order valence-electron chi connectivity index (χ4n) is 6.06. The highest BCUT2D eigenvalue weighted by molar-refractivity contribution is 5.30. The highest BCUT2D eigenvalue weighted by Gasteiger charge is 2.26. The third-order valence-electron chi connectivity index (χ3n) is 8.24. The van der Waals surface area contributed by atoms with Gasteiger partial charge in [-0.2, -0.15) is 0 Å². The van der Waals surface area contributed by atoms with Crippen LogP contribution in [0.1, 0.15) is 87.0 Å². The molecule has 4 rings (SSSR count). The van der Waals surface area contributed by atoms with Crippen LogP contribution in [-0.4, -0.2) is 0 Å². The second-order valence-corrected chi connectivity index (χ2v) is 10.5. The Balaban J connectivity index is 1.19. The highest BCUT2D eigenvalue weighted by atomic mass is 14.3. The van der Waals surface area contributed by atoms with Crippen LogP contribution in [0.2, 0.25) is 0 Å². The first-order valence-corrected chi connectivity index (χ1v) is 13.0. The summed E-state index contributed by atoms with van der Waals surface area (Å²) in [6, 6.07) is 18.6. The Labute approximate surface area is 191 Å². The maximum absolute atomic E-state index is 4.00. The first-order chi connectivity index (χ1) is 15.2. The molecular weight excluding hydrogens is 372 g/mol. The van der Waals surface area contributed by atoms with E-state index in [0.29, 0.717) is 0 Å². The zero-order valence-corrected chi connectivity index (χ0v) is 19.7. The summed E-state index contributed by atoms with van der Waals surface area (Å²) in [7, 11) is 0. The van der Waals surface area contributed by atoms with E-state index in [1.165, 1.54) is 86.5 Å². The van der Waals surface area contributed by atoms with Crippen molar-refractivity contribution in [1.82, 2.24) is 0 Å². The maximum Gasteiger partial charge on any atom is -0.00258 e. The molecule has 0 spiro atoms. The number of aryl methyl sites for hydroxylation is 1. The summed E-state index contributed by atoms with van der Waals surface area (Å²) in [5, 5.41) is 0. The number of allylic oxidation sites excluding steroid dienone is 1. The predicted octanol–water partition coefficient (Wildman–Crippen LogP) is 8.57. The molecule has 0 heterocycles. The smallest absolute Gasteiger partial charge is 0.00258 e. The molecule has 2 aromatic rings. The molecule has 2 aromatic carbocycles. The third-order valence-corrected chi connectivity index (χ3v) is 8.24. The molecule has 0 nitrogen and oxygen atoms in total. The molecule has 0 bridgehead atoms. The van der Waals surface area contributed by atoms with Gasteiger partial charge < -0.3 is 0 Å². The van der Waals surface area contributed by atoms with Gasteiger partial charge in [0.1, 0.15) is 0 Å². The van der Waals surface area contributed by atoms with Crippen molar-refractivity contribution in [1.29, 1.82) is 0 Å². The molecule has 31 heavy (non-hydrogen) atoms. The molecule has 0 aliphatic heterocycles. The fourth-order valence-corrected chi connectivity index (χ4v) is 6.06. The quantitative estimate of drug-likeness (QED) is 0.379. The van der Waals surface area contributed by atoms with Gasteiger partial charge >= 0.3 is 0 Å². The van der Waals surface area contributed by atoms with E-state index >= 15 is 0 Å². The lowest BCUT2D eigenvalue weighted by Gasteiger charge is -2.33. The SMILES string of the molecule is C=CC1CCC(CC2CCC(Cc3ccc(Cc4ccc(CC)cc4)cc3)CC2)CC1. The van der Waals surface area contributed by atoms with Crippen molar-refractivity contribution in [3.63, 3.8) is 0 Å². The van der Waals surface area contributed by atoms with E-state index in [9.17, 15) is 0 Å². The van der Waals surface area contributed by atoms with Gasteiger partial charge in [0.25, 0.3) is 0 Å². The van der Waals surface area contributed by atoms with Gasteiger partial charge in [-0.1, -0.05) is 74.4 Å². The molecule has 0 heteroatoms. The molecule has 0 atom stereocenters. The number of rotatable bonds is 8. The van der Waals surface area contributed by atoms with Crippen LogP contribution in [0.5, 0.6) is 0 Å². The molecule has 2 aliphatic rings. The lowest BCUT2D eigenvalue weighted by molar-refractivity contribution is 0.201. The van der Waals surface area contributed by atoms with Gasteiger partial charge in [-0.3, -0.25) is 0 Å². The molecule has 2 aliphatic carbocycles. The van der Waals surface area contributed by atoms with Gasteiger partial charge in [-0.15, -0.1) is 6.58 Å². The number of benzene rings is 2. The predicted molar refractivity (Wildman–Crippen MR) is 134 cm³/mol. The van der Waals surface area contributed by atoms with E-state index in [-0.39, 0.29) is 0 Å². The van der Waals surface area contributed by atoms with Crippen LogP contribution in [0, 0.1) is 23.7 Å². The lowest BCUT2D eigenvalue weighted by atomic mass is 9.72. The number of hydrogen-bond acceptors (Lipinski definition) is 0. The molecule has 2 fully saturated rings. The standard InChI is InChI=1S/C31H42/c1-3-24-5-9-26(10-6-24)21-28-13-17-30(18-14-28)23-31-19-15-29(16-20-31)22-27-11-7-25(4-2)8-12-27/h3,7-8,11-12,15-16,19-20,24,26,28,30H,1,4-6,9-10,13-14,17-18,21-23H2,2H3. The van der Waals surface area contributed by atoms with Crippen molar-refractivity contribution in [3.05, 3.63) is 83.4 Å². The van der Waals surface area contributed by atoms with Crippen molar-refractivity contribution in [2.24, 2.45) is 23.7 Å². The summed E-state index contributed by atoms with van der Waals surface area (Å²) >= 11 is 0. The molecular formula is C31H42. The summed E-state index contributed by atoms with van der Waals surface area (Å²) in [6.07, 6.45) is 18.7. The second kappa shape index (κ2) is 11.2. The largest absolute Gasteiger partial charge is 0.103 e. The van der Waals surface area contributed by atoms with Gasteiger partial charge in [-0.05, 0) is 110 Å². The van der Waals surface area contributed by atoms with E-state index < -0.39 is 0 Å². The van der Waals surface area contributed by atoms with Gasteiger partial charge in [0.05, 0.1) is 0 Å². The first-order valence-electron chi connectivity index (χ1n) is 13.0. The third kappa shape index (κ3) is 6.58. The highest BCUT2D eigenvalue weighted by Crippen LogP contribution is 2.39. The average molecular weight is 415 g/mol. The fraction of sp³-hybridized carbons (Fsp3) is 0.548. The van der Waals surface area contributed by atoms with Crippen LogP contribution in [0.4, 0.5) is 0 Å². The maximum atomic E-state index is 4.00. The Morgan fingerprint density at radius 1 is 0.645 bits per heavy atom. The summed E-state index contributed by atoms with van der Waals surface area (Å²) in [4.78, 5) is 0. The summed E-state index contributed by atoms with van der Waals surface area (Å²) in [5.74, 6) is 3.71. The molecule has 0 unspecified atom stereocenters. The van der Waals surface area contributed by atoms with Crippen molar-refractivity contribution in [3.8, 4) is 0 Å². The first kappa shape index (κ1) is 22.4. The lowest BCUT2D eigenvalue weighted by Crippen LogP contribution is -2.21. The van der Waals surface area contributed by atoms with E-state index in [4.69, 9.17) is 0 Å². The van der Waals surface area contributed by atoms with Crippen LogP contribution < -0.4 is 0 Å². The van der Waals surface area contributed by atoms with Crippen LogP contribution in [0.15, 0.2) is 61.2 Å². The molecule has 0 aromatic heterocycles. The van der Waals surface area contributed by atoms with E-state index in [2.05, 4.69) is 68.1 Å². The molecule has 0 N–H and O–H groups in total. The van der Waals surface area contributed by atoms with Crippen LogP contribution >= 0.6 is 0 Å². The van der Waals surface area contributed by atoms with Gasteiger partial charge in [0.2, 0.25) is 0 Å². The topological polar surface area (TPSA) is 0 Å². The summed E-state index contributed by atoms with van der Waals surface area (Å²) in [5.41, 5.74) is 5.81. The Morgan fingerprint density at radius 2 is 1.10 bits per heavy atom.